The van der Waals surface area contributed by atoms with E-state index in [0.29, 0.717) is 48.9 Å². The van der Waals surface area contributed by atoms with Crippen molar-refractivity contribution < 1.29 is 23.9 Å². The lowest BCUT2D eigenvalue weighted by Crippen LogP contribution is -2.53. The van der Waals surface area contributed by atoms with E-state index < -0.39 is 5.41 Å². The van der Waals surface area contributed by atoms with Gasteiger partial charge in [0, 0.05) is 49.5 Å². The Labute approximate surface area is 226 Å². The predicted molar refractivity (Wildman–Crippen MR) is 142 cm³/mol. The van der Waals surface area contributed by atoms with Crippen LogP contribution in [0.5, 0.6) is 5.75 Å². The van der Waals surface area contributed by atoms with Gasteiger partial charge in [0.25, 0.3) is 0 Å². The van der Waals surface area contributed by atoms with E-state index in [9.17, 15) is 14.4 Å². The fourth-order valence-corrected chi connectivity index (χ4v) is 6.40. The second kappa shape index (κ2) is 9.85. The Morgan fingerprint density at radius 1 is 1.18 bits per heavy atom. The van der Waals surface area contributed by atoms with Gasteiger partial charge in [-0.25, -0.2) is 4.98 Å². The van der Waals surface area contributed by atoms with E-state index in [1.165, 1.54) is 6.92 Å². The summed E-state index contributed by atoms with van der Waals surface area (Å²) in [6, 6.07) is 7.62. The molecule has 1 aromatic carbocycles. The Balaban J connectivity index is 1.03. The second-order valence-corrected chi connectivity index (χ2v) is 11.1. The van der Waals surface area contributed by atoms with Gasteiger partial charge in [0.15, 0.2) is 0 Å². The van der Waals surface area contributed by atoms with Crippen molar-refractivity contribution in [2.24, 2.45) is 0 Å². The zero-order chi connectivity index (χ0) is 26.4. The van der Waals surface area contributed by atoms with Gasteiger partial charge in [-0.3, -0.25) is 24.2 Å². The molecule has 0 bridgehead atoms. The van der Waals surface area contributed by atoms with Crippen LogP contribution in [0, 0.1) is 0 Å². The topological polar surface area (TPSA) is 101 Å². The Morgan fingerprint density at radius 3 is 2.74 bits per heavy atom. The summed E-state index contributed by atoms with van der Waals surface area (Å²) >= 11 is 6.23. The molecule has 200 valence electrons. The number of likely N-dealkylation sites (tertiary alicyclic amines) is 1. The highest BCUT2D eigenvalue weighted by molar-refractivity contribution is 6.31. The normalized spacial score (nSPS) is 23.9. The number of nitrogens with one attached hydrogen (secondary N) is 1. The Bertz CT molecular complexity index is 1290. The molecule has 1 aromatic heterocycles. The molecule has 4 aliphatic rings. The van der Waals surface area contributed by atoms with Crippen LogP contribution in [0.15, 0.2) is 30.5 Å². The molecule has 1 aliphatic carbocycles. The number of hydrogen-bond acceptors (Lipinski definition) is 7. The highest BCUT2D eigenvalue weighted by Crippen LogP contribution is 2.45. The third-order valence-corrected chi connectivity index (χ3v) is 8.59. The minimum Gasteiger partial charge on any atom is -0.491 e. The summed E-state index contributed by atoms with van der Waals surface area (Å²) in [6.45, 7) is 4.28. The van der Waals surface area contributed by atoms with Crippen LogP contribution in [0.1, 0.15) is 50.2 Å². The zero-order valence-corrected chi connectivity index (χ0v) is 22.1. The minimum absolute atomic E-state index is 0.0116. The average molecular weight is 539 g/mol. The number of ether oxygens (including phenoxy) is 2. The highest BCUT2D eigenvalue weighted by atomic mass is 35.5. The number of nitrogens with zero attached hydrogens (tertiary/aromatic N) is 3. The maximum Gasteiger partial charge on any atom is 0.302 e. The molecule has 0 atom stereocenters. The van der Waals surface area contributed by atoms with Gasteiger partial charge in [0.05, 0.1) is 11.6 Å². The number of benzene rings is 1. The van der Waals surface area contributed by atoms with Crippen LogP contribution in [-0.4, -0.2) is 66.1 Å². The summed E-state index contributed by atoms with van der Waals surface area (Å²) in [5.41, 5.74) is 2.39. The van der Waals surface area contributed by atoms with Crippen LogP contribution in [0.4, 0.5) is 11.5 Å². The molecular weight excluding hydrogens is 508 g/mol. The van der Waals surface area contributed by atoms with Gasteiger partial charge in [-0.05, 0) is 67.7 Å². The van der Waals surface area contributed by atoms with Gasteiger partial charge in [0.1, 0.15) is 24.3 Å². The van der Waals surface area contributed by atoms with Crippen LogP contribution in [-0.2, 0) is 31.0 Å². The van der Waals surface area contributed by atoms with Crippen LogP contribution in [0.3, 0.4) is 0 Å². The second-order valence-electron chi connectivity index (χ2n) is 10.7. The van der Waals surface area contributed by atoms with E-state index in [1.807, 2.05) is 24.3 Å². The van der Waals surface area contributed by atoms with Crippen molar-refractivity contribution in [3.05, 3.63) is 46.6 Å². The molecule has 10 heteroatoms. The zero-order valence-electron chi connectivity index (χ0n) is 21.4. The molecule has 38 heavy (non-hydrogen) atoms. The third-order valence-electron chi connectivity index (χ3n) is 8.36. The molecule has 1 spiro atoms. The smallest absolute Gasteiger partial charge is 0.302 e. The van der Waals surface area contributed by atoms with Crippen molar-refractivity contribution in [3.63, 3.8) is 0 Å². The van der Waals surface area contributed by atoms with Gasteiger partial charge >= 0.3 is 5.97 Å². The summed E-state index contributed by atoms with van der Waals surface area (Å²) in [5.74, 6) is 1.23. The van der Waals surface area contributed by atoms with Gasteiger partial charge in [-0.2, -0.15) is 0 Å². The molecule has 2 aromatic rings. The Hall–Kier alpha value is -3.17. The van der Waals surface area contributed by atoms with Gasteiger partial charge in [-0.1, -0.05) is 11.6 Å². The molecule has 1 saturated heterocycles. The van der Waals surface area contributed by atoms with Crippen molar-refractivity contribution in [2.45, 2.75) is 63.0 Å². The number of fused-ring (bicyclic) bond motifs is 3. The number of aryl methyl sites for hydroxylation is 1. The fourth-order valence-electron chi connectivity index (χ4n) is 6.23. The summed E-state index contributed by atoms with van der Waals surface area (Å²) in [6.07, 6.45) is 5.40. The van der Waals surface area contributed by atoms with E-state index in [-0.39, 0.29) is 29.9 Å². The number of piperidine rings is 1. The Kier molecular flexibility index (Phi) is 6.52. The van der Waals surface area contributed by atoms with Crippen LogP contribution in [0.25, 0.3) is 0 Å². The lowest BCUT2D eigenvalue weighted by atomic mass is 9.73. The van der Waals surface area contributed by atoms with E-state index in [4.69, 9.17) is 21.1 Å². The number of carbonyl (C=O) groups is 3. The van der Waals surface area contributed by atoms with E-state index in [1.54, 1.807) is 11.1 Å². The first-order chi connectivity index (χ1) is 18.3. The molecule has 6 rings (SSSR count). The molecule has 0 unspecified atom stereocenters. The molecule has 4 heterocycles. The van der Waals surface area contributed by atoms with Crippen molar-refractivity contribution in [2.75, 3.05) is 36.5 Å². The van der Waals surface area contributed by atoms with Gasteiger partial charge in [-0.15, -0.1) is 0 Å². The number of esters is 1. The van der Waals surface area contributed by atoms with Gasteiger partial charge < -0.3 is 14.8 Å². The SMILES string of the molecule is CC(=O)OC1CC(N2C(=O)CCc3cc(OCCN4CCC5(CC4)C(=O)Nc4ccc(Cl)cc45)cnc32)C1. The average Bonchev–Trinajstić information content (AvgIpc) is 3.13. The predicted octanol–water partition coefficient (Wildman–Crippen LogP) is 3.47. The molecule has 2 amide bonds. The summed E-state index contributed by atoms with van der Waals surface area (Å²) in [4.78, 5) is 45.4. The number of hydrogen-bond donors (Lipinski definition) is 1. The van der Waals surface area contributed by atoms with Crippen LogP contribution < -0.4 is 15.0 Å². The number of anilines is 2. The van der Waals surface area contributed by atoms with E-state index in [2.05, 4.69) is 15.2 Å². The molecule has 1 N–H and O–H groups in total. The van der Waals surface area contributed by atoms with Crippen molar-refractivity contribution >= 4 is 40.9 Å². The van der Waals surface area contributed by atoms with Gasteiger partial charge in [0.2, 0.25) is 11.8 Å². The largest absolute Gasteiger partial charge is 0.491 e. The van der Waals surface area contributed by atoms with E-state index in [0.717, 1.165) is 49.3 Å². The Morgan fingerprint density at radius 2 is 1.97 bits per heavy atom. The standard InChI is InChI=1S/C28H31ClN4O5/c1-17(34)38-21-14-20(15-21)33-25(35)5-2-18-12-22(16-30-26(18)33)37-11-10-32-8-6-28(7-9-32)23-13-19(29)3-4-24(23)31-27(28)36/h3-4,12-13,16,20-21H,2,5-11,14-15H2,1H3,(H,31,36). The van der Waals surface area contributed by atoms with E-state index >= 15 is 0 Å². The van der Waals surface area contributed by atoms with Crippen LogP contribution >= 0.6 is 11.6 Å². The number of amides is 2. The number of rotatable bonds is 6. The molecule has 0 radical (unpaired) electrons. The molecule has 1 saturated carbocycles. The first-order valence-corrected chi connectivity index (χ1v) is 13.6. The number of halogens is 1. The van der Waals surface area contributed by atoms with Crippen molar-refractivity contribution in [1.29, 1.82) is 0 Å². The lowest BCUT2D eigenvalue weighted by molar-refractivity contribution is -0.151. The fraction of sp³-hybridized carbons (Fsp3) is 0.500. The summed E-state index contributed by atoms with van der Waals surface area (Å²) < 4.78 is 11.3. The molecular formula is C28H31ClN4O5. The summed E-state index contributed by atoms with van der Waals surface area (Å²) in [5, 5.41) is 3.68. The summed E-state index contributed by atoms with van der Waals surface area (Å²) in [7, 11) is 0. The minimum atomic E-state index is -0.498. The molecule has 2 fully saturated rings. The first kappa shape index (κ1) is 25.1. The maximum absolute atomic E-state index is 12.9. The van der Waals surface area contributed by atoms with Crippen molar-refractivity contribution in [1.82, 2.24) is 9.88 Å². The quantitative estimate of drug-likeness (QED) is 0.562. The molecule has 9 nitrogen and oxygen atoms in total. The lowest BCUT2D eigenvalue weighted by Gasteiger charge is -2.43. The third kappa shape index (κ3) is 4.52. The number of pyridine rings is 1. The number of carbonyl (C=O) groups excluding carboxylic acids is 3. The monoisotopic (exact) mass is 538 g/mol. The highest BCUT2D eigenvalue weighted by Gasteiger charge is 2.48. The first-order valence-electron chi connectivity index (χ1n) is 13.3. The van der Waals surface area contributed by atoms with Crippen molar-refractivity contribution in [3.8, 4) is 5.75 Å². The number of aromatic nitrogens is 1. The van der Waals surface area contributed by atoms with Crippen LogP contribution in [0.2, 0.25) is 5.02 Å². The molecule has 3 aliphatic heterocycles. The maximum atomic E-state index is 12.9.